The van der Waals surface area contributed by atoms with E-state index in [1.54, 1.807) is 34.0 Å². The van der Waals surface area contributed by atoms with Crippen LogP contribution in [0.5, 0.6) is 0 Å². The Labute approximate surface area is 620 Å². The van der Waals surface area contributed by atoms with Gasteiger partial charge in [0.05, 0.1) is 0 Å². The third-order valence-electron chi connectivity index (χ3n) is 20.4. The Morgan fingerprint density at radius 3 is 1.39 bits per heavy atom. The average molecular weight is 1430 g/mol. The maximum atomic E-state index is 6.54. The van der Waals surface area contributed by atoms with Crippen LogP contribution in [0.3, 0.4) is 0 Å². The van der Waals surface area contributed by atoms with Gasteiger partial charge in [-0.05, 0) is 154 Å². The number of hydrogen-bond acceptors (Lipinski definition) is 14. The number of thiophene rings is 4. The fourth-order valence-electron chi connectivity index (χ4n) is 15.2. The van der Waals surface area contributed by atoms with Gasteiger partial charge in [0.1, 0.15) is 16.9 Å². The summed E-state index contributed by atoms with van der Waals surface area (Å²) in [4.78, 5) is 43.0. The molecule has 8 heterocycles. The van der Waals surface area contributed by atoms with Crippen molar-refractivity contribution in [1.82, 2.24) is 39.9 Å². The largest absolute Gasteiger partial charge is 0.436 e. The Morgan fingerprint density at radius 2 is 0.755 bits per heavy atom. The fourth-order valence-corrected chi connectivity index (χ4v) is 19.9. The second-order valence-corrected chi connectivity index (χ2v) is 31.1. The highest BCUT2D eigenvalue weighted by Crippen LogP contribution is 2.47. The second kappa shape index (κ2) is 24.4. The van der Waals surface area contributed by atoms with Crippen LogP contribution in [0.1, 0.15) is 18.2 Å². The second-order valence-electron chi connectivity index (χ2n) is 26.8. The molecule has 0 N–H and O–H groups in total. The minimum absolute atomic E-state index is 0.109. The monoisotopic (exact) mass is 1430 g/mol. The zero-order valence-corrected chi connectivity index (χ0v) is 59.4. The molecule has 13 aromatic carbocycles. The van der Waals surface area contributed by atoms with Crippen LogP contribution >= 0.6 is 45.3 Å². The minimum atomic E-state index is -0.109. The molecule has 0 saturated heterocycles. The van der Waals surface area contributed by atoms with Crippen molar-refractivity contribution in [2.24, 2.45) is 0 Å². The molecule has 22 rings (SSSR count). The van der Waals surface area contributed by atoms with Crippen molar-refractivity contribution >= 4 is 150 Å². The van der Waals surface area contributed by atoms with Gasteiger partial charge in [0.25, 0.3) is 0 Å². The van der Waals surface area contributed by atoms with Crippen LogP contribution in [-0.4, -0.2) is 39.9 Å². The summed E-state index contributed by atoms with van der Waals surface area (Å²) >= 11 is 7.10. The average Bonchev–Trinajstić information content (AvgIpc) is 1.53. The molecule has 1 aliphatic rings. The number of benzene rings is 13. The van der Waals surface area contributed by atoms with Crippen molar-refractivity contribution in [3.8, 4) is 113 Å². The summed E-state index contributed by atoms with van der Waals surface area (Å²) in [6.45, 7) is 0. The lowest BCUT2D eigenvalue weighted by Gasteiger charge is -2.15. The van der Waals surface area contributed by atoms with Gasteiger partial charge in [-0.1, -0.05) is 194 Å². The summed E-state index contributed by atoms with van der Waals surface area (Å²) in [5, 5.41) is 9.12. The predicted octanol–water partition coefficient (Wildman–Crippen LogP) is 24.1. The third kappa shape index (κ3) is 10.3. The first-order chi connectivity index (χ1) is 52.4. The topological polar surface area (TPSA) is 129 Å². The smallest absolute Gasteiger partial charge is 0.227 e. The highest BCUT2D eigenvalue weighted by atomic mass is 32.1. The fraction of sp³-hybridized carbons (Fsp3) is 0.0217. The van der Waals surface area contributed by atoms with Gasteiger partial charge in [-0.2, -0.15) is 0 Å². The predicted molar refractivity (Wildman–Crippen MR) is 439 cm³/mol. The SMILES string of the molecule is C1=c2sc3ccccc3c2=CC(c2nc(-c3cccc(-c4cc(-c5nc(-c6ccccc6)nc(-c6cccc7c6sc6ccc(-c8nc9ccc(-c%10ccccc%10)cc9o8)cc67)n5)c5c(c4)sc4ccccc45)c3)nc(-c3cccc4c3sc3ccc(-c5nc6ccc(-c7ccccc7)cc6o5)cc34)n2)C1. The number of rotatable bonds is 11. The zero-order chi connectivity index (χ0) is 69.5. The molecule has 0 bridgehead atoms. The van der Waals surface area contributed by atoms with Gasteiger partial charge in [0.2, 0.25) is 11.8 Å². The van der Waals surface area contributed by atoms with Crippen molar-refractivity contribution in [2.45, 2.75) is 12.3 Å². The van der Waals surface area contributed by atoms with Crippen molar-refractivity contribution in [3.05, 3.63) is 301 Å². The van der Waals surface area contributed by atoms with Crippen molar-refractivity contribution in [2.75, 3.05) is 0 Å². The first-order valence-electron chi connectivity index (χ1n) is 35.1. The molecule has 106 heavy (non-hydrogen) atoms. The van der Waals surface area contributed by atoms with Crippen LogP contribution in [0.2, 0.25) is 0 Å². The molecular weight excluding hydrogens is 1380 g/mol. The van der Waals surface area contributed by atoms with E-state index in [1.165, 1.54) is 24.5 Å². The summed E-state index contributed by atoms with van der Waals surface area (Å²) in [6, 6.07) is 99.9. The molecule has 8 aromatic heterocycles. The lowest BCUT2D eigenvalue weighted by molar-refractivity contribution is 0.619. The van der Waals surface area contributed by atoms with E-state index in [0.717, 1.165) is 163 Å². The van der Waals surface area contributed by atoms with Gasteiger partial charge in [-0.25, -0.2) is 39.9 Å². The van der Waals surface area contributed by atoms with E-state index >= 15 is 0 Å². The van der Waals surface area contributed by atoms with E-state index < -0.39 is 0 Å². The molecule has 0 fully saturated rings. The normalized spacial score (nSPS) is 13.1. The maximum absolute atomic E-state index is 6.54. The Hall–Kier alpha value is -12.8. The van der Waals surface area contributed by atoms with Crippen molar-refractivity contribution in [3.63, 3.8) is 0 Å². The van der Waals surface area contributed by atoms with Gasteiger partial charge in [-0.3, -0.25) is 0 Å². The summed E-state index contributed by atoms with van der Waals surface area (Å²) in [6.07, 6.45) is 5.49. The molecule has 0 radical (unpaired) electrons. The van der Waals surface area contributed by atoms with Gasteiger partial charge < -0.3 is 8.83 Å². The van der Waals surface area contributed by atoms with Crippen LogP contribution in [0.15, 0.2) is 294 Å². The molecule has 14 heteroatoms. The van der Waals surface area contributed by atoms with Crippen LogP contribution < -0.4 is 9.75 Å². The van der Waals surface area contributed by atoms with Crippen LogP contribution in [0, 0.1) is 0 Å². The van der Waals surface area contributed by atoms with E-state index in [2.05, 4.69) is 255 Å². The van der Waals surface area contributed by atoms with E-state index in [-0.39, 0.29) is 5.92 Å². The molecule has 10 nitrogen and oxygen atoms in total. The molecule has 0 amide bonds. The number of aromatic nitrogens is 8. The first-order valence-corrected chi connectivity index (χ1v) is 38.4. The molecule has 0 saturated carbocycles. The molecule has 1 atom stereocenters. The van der Waals surface area contributed by atoms with Gasteiger partial charge >= 0.3 is 0 Å². The van der Waals surface area contributed by atoms with Crippen molar-refractivity contribution < 1.29 is 8.83 Å². The van der Waals surface area contributed by atoms with E-state index in [9.17, 15) is 0 Å². The summed E-state index contributed by atoms with van der Waals surface area (Å²) in [7, 11) is 0. The van der Waals surface area contributed by atoms with E-state index in [4.69, 9.17) is 48.7 Å². The van der Waals surface area contributed by atoms with Crippen LogP contribution in [-0.2, 0) is 0 Å². The Kier molecular flexibility index (Phi) is 14.0. The van der Waals surface area contributed by atoms with Gasteiger partial charge in [0, 0.05) is 115 Å². The third-order valence-corrected chi connectivity index (χ3v) is 25.1. The lowest BCUT2D eigenvalue weighted by Crippen LogP contribution is -2.24. The standard InChI is InChI=1S/C92H52N8O2S4/c1-4-17-51(18-5-1)55-33-38-72-74(48-55)101-91(93-72)59-36-41-79-69(45-59)63-27-15-29-66(83(63)105-79)88-98-86(95-87(99-88)58-35-40-78-68(44-58)62-25-10-12-31-76(62)103-78)57-24-14-23-54(43-57)61-47-71(82-65-26-11-13-32-77(65)104-81(82)50-61)90-97-85(53-21-8-3-9-22-53)96-89(100-90)67-30-16-28-64-70-46-60(37-42-80(70)106-84(64)67)92-94-73-39-34-56(49-75(73)102-92)52-19-6-2-7-20-52/h1-34,36-50,58H,35H2. The highest BCUT2D eigenvalue weighted by molar-refractivity contribution is 7.27. The molecule has 0 spiro atoms. The Bertz CT molecular complexity index is 7340. The number of oxazole rings is 2. The zero-order valence-electron chi connectivity index (χ0n) is 56.1. The summed E-state index contributed by atoms with van der Waals surface area (Å²) in [5.74, 6) is 4.72. The minimum Gasteiger partial charge on any atom is -0.436 e. The molecule has 496 valence electrons. The van der Waals surface area contributed by atoms with Crippen LogP contribution in [0.4, 0.5) is 0 Å². The summed E-state index contributed by atoms with van der Waals surface area (Å²) in [5.41, 5.74) is 15.9. The quantitative estimate of drug-likeness (QED) is 0.123. The Balaban J connectivity index is 0.670. The molecule has 1 unspecified atom stereocenters. The maximum Gasteiger partial charge on any atom is 0.227 e. The lowest BCUT2D eigenvalue weighted by atomic mass is 9.96. The van der Waals surface area contributed by atoms with Gasteiger partial charge in [0.15, 0.2) is 40.3 Å². The number of nitrogens with zero attached hydrogens (tertiary/aromatic N) is 8. The van der Waals surface area contributed by atoms with Crippen LogP contribution in [0.25, 0.3) is 218 Å². The molecule has 0 aliphatic heterocycles. The molecule has 1 aliphatic carbocycles. The number of hydrogen-bond donors (Lipinski definition) is 0. The molecule has 21 aromatic rings. The molecular formula is C92H52N8O2S4. The van der Waals surface area contributed by atoms with E-state index in [1.807, 2.05) is 53.8 Å². The number of fused-ring (bicyclic) bond motifs is 14. The van der Waals surface area contributed by atoms with E-state index in [0.29, 0.717) is 40.9 Å². The van der Waals surface area contributed by atoms with Gasteiger partial charge in [-0.15, -0.1) is 45.3 Å². The highest BCUT2D eigenvalue weighted by Gasteiger charge is 2.26. The van der Waals surface area contributed by atoms with Crippen molar-refractivity contribution in [1.29, 1.82) is 0 Å². The summed E-state index contributed by atoms with van der Waals surface area (Å²) < 4.78 is 22.4. The first kappa shape index (κ1) is 60.7. The Morgan fingerprint density at radius 1 is 0.283 bits per heavy atom.